The van der Waals surface area contributed by atoms with Crippen molar-refractivity contribution < 1.29 is 4.92 Å². The van der Waals surface area contributed by atoms with Gasteiger partial charge in [0.25, 0.3) is 5.69 Å². The van der Waals surface area contributed by atoms with Crippen LogP contribution in [-0.4, -0.2) is 26.2 Å². The van der Waals surface area contributed by atoms with Crippen molar-refractivity contribution in [2.24, 2.45) is 5.73 Å². The van der Waals surface area contributed by atoms with E-state index in [1.54, 1.807) is 12.1 Å². The van der Waals surface area contributed by atoms with Gasteiger partial charge in [0.2, 0.25) is 0 Å². The minimum Gasteiger partial charge on any atom is -0.330 e. The summed E-state index contributed by atoms with van der Waals surface area (Å²) in [6.45, 7) is 0.850. The minimum atomic E-state index is -0.398. The Hall–Kier alpha value is -2.81. The molecule has 1 aliphatic heterocycles. The first kappa shape index (κ1) is 17.6. The Morgan fingerprint density at radius 1 is 1.30 bits per heavy atom. The van der Waals surface area contributed by atoms with E-state index in [4.69, 9.17) is 17.3 Å². The standard InChI is InChI=1S/C18H17ClN6O2/c19-14-4-2-1-3-13(14)17-18-23-22-16(7-8-20)24(18)15-6-5-12(25(26)27)9-11(15)10-21-17/h1-6,9,17,21H,7-8,10,20H2. The summed E-state index contributed by atoms with van der Waals surface area (Å²) >= 11 is 6.42. The number of nitrogens with one attached hydrogen (secondary N) is 1. The molecule has 0 bridgehead atoms. The smallest absolute Gasteiger partial charge is 0.269 e. The Kier molecular flexibility index (Phi) is 4.61. The third-order valence-corrected chi connectivity index (χ3v) is 4.95. The number of halogens is 1. The lowest BCUT2D eigenvalue weighted by Gasteiger charge is -2.17. The molecule has 4 rings (SSSR count). The highest BCUT2D eigenvalue weighted by Crippen LogP contribution is 2.34. The molecule has 0 radical (unpaired) electrons. The number of nitro benzene ring substituents is 1. The largest absolute Gasteiger partial charge is 0.330 e. The molecule has 0 spiro atoms. The van der Waals surface area contributed by atoms with Gasteiger partial charge in [0.15, 0.2) is 5.82 Å². The number of fused-ring (bicyclic) bond motifs is 3. The van der Waals surface area contributed by atoms with Crippen LogP contribution in [0.1, 0.15) is 28.8 Å². The third kappa shape index (κ3) is 3.08. The first-order valence-electron chi connectivity index (χ1n) is 8.50. The van der Waals surface area contributed by atoms with Crippen LogP contribution in [-0.2, 0) is 13.0 Å². The molecule has 2 heterocycles. The Bertz CT molecular complexity index is 1020. The highest BCUT2D eigenvalue weighted by Gasteiger charge is 2.29. The first-order chi connectivity index (χ1) is 13.1. The Morgan fingerprint density at radius 2 is 2.11 bits per heavy atom. The molecule has 0 saturated heterocycles. The molecule has 138 valence electrons. The van der Waals surface area contributed by atoms with Gasteiger partial charge in [0.1, 0.15) is 5.82 Å². The molecular formula is C18H17ClN6O2. The molecule has 1 aliphatic rings. The fourth-order valence-electron chi connectivity index (χ4n) is 3.38. The molecule has 3 N–H and O–H groups in total. The fourth-order valence-corrected chi connectivity index (χ4v) is 3.62. The summed E-state index contributed by atoms with van der Waals surface area (Å²) < 4.78 is 1.93. The number of nitrogens with two attached hydrogens (primary N) is 1. The van der Waals surface area contributed by atoms with Crippen molar-refractivity contribution in [3.8, 4) is 5.69 Å². The second kappa shape index (κ2) is 7.07. The molecule has 1 atom stereocenters. The number of benzene rings is 2. The number of non-ortho nitro benzene ring substituents is 1. The van der Waals surface area contributed by atoms with Crippen molar-refractivity contribution >= 4 is 17.3 Å². The van der Waals surface area contributed by atoms with Gasteiger partial charge in [-0.25, -0.2) is 0 Å². The number of aromatic nitrogens is 3. The minimum absolute atomic E-state index is 0.0433. The van der Waals surface area contributed by atoms with Crippen molar-refractivity contribution in [3.63, 3.8) is 0 Å². The lowest BCUT2D eigenvalue weighted by molar-refractivity contribution is -0.384. The molecule has 3 aromatic rings. The molecule has 0 saturated carbocycles. The van der Waals surface area contributed by atoms with Gasteiger partial charge < -0.3 is 5.73 Å². The molecular weight excluding hydrogens is 368 g/mol. The summed E-state index contributed by atoms with van der Waals surface area (Å²) in [6.07, 6.45) is 0.540. The van der Waals surface area contributed by atoms with Gasteiger partial charge in [-0.05, 0) is 29.8 Å². The van der Waals surface area contributed by atoms with Crippen LogP contribution in [0.5, 0.6) is 0 Å². The highest BCUT2D eigenvalue weighted by atomic mass is 35.5. The van der Waals surface area contributed by atoms with Crippen LogP contribution in [0, 0.1) is 10.1 Å². The van der Waals surface area contributed by atoms with Crippen LogP contribution in [0.25, 0.3) is 5.69 Å². The van der Waals surface area contributed by atoms with E-state index in [0.29, 0.717) is 36.2 Å². The summed E-state index contributed by atoms with van der Waals surface area (Å²) in [4.78, 5) is 10.8. The normalized spacial score (nSPS) is 15.7. The predicted molar refractivity (Wildman–Crippen MR) is 101 cm³/mol. The van der Waals surface area contributed by atoms with E-state index < -0.39 is 4.92 Å². The monoisotopic (exact) mass is 384 g/mol. The number of nitrogens with zero attached hydrogens (tertiary/aromatic N) is 4. The Morgan fingerprint density at radius 3 is 2.85 bits per heavy atom. The zero-order chi connectivity index (χ0) is 19.0. The van der Waals surface area contributed by atoms with E-state index in [-0.39, 0.29) is 11.7 Å². The average molecular weight is 385 g/mol. The molecule has 0 fully saturated rings. The van der Waals surface area contributed by atoms with Gasteiger partial charge in [-0.2, -0.15) is 0 Å². The second-order valence-electron chi connectivity index (χ2n) is 6.25. The zero-order valence-electron chi connectivity index (χ0n) is 14.3. The van der Waals surface area contributed by atoms with Crippen molar-refractivity contribution in [1.82, 2.24) is 20.1 Å². The number of hydrogen-bond acceptors (Lipinski definition) is 6. The molecule has 1 aromatic heterocycles. The SMILES string of the molecule is NCCc1nnc2n1-c1ccc([N+](=O)[O-])cc1CNC2c1ccccc1Cl. The molecule has 8 nitrogen and oxygen atoms in total. The lowest BCUT2D eigenvalue weighted by Crippen LogP contribution is -2.22. The Labute approximate surface area is 160 Å². The van der Waals surface area contributed by atoms with Gasteiger partial charge in [-0.15, -0.1) is 10.2 Å². The van der Waals surface area contributed by atoms with Crippen LogP contribution in [0.3, 0.4) is 0 Å². The van der Waals surface area contributed by atoms with E-state index in [2.05, 4.69) is 15.5 Å². The summed E-state index contributed by atoms with van der Waals surface area (Å²) in [6, 6.07) is 12.0. The third-order valence-electron chi connectivity index (χ3n) is 4.61. The van der Waals surface area contributed by atoms with E-state index in [0.717, 1.165) is 16.8 Å². The quantitative estimate of drug-likeness (QED) is 0.528. The van der Waals surface area contributed by atoms with E-state index in [1.165, 1.54) is 6.07 Å². The van der Waals surface area contributed by atoms with Crippen LogP contribution >= 0.6 is 11.6 Å². The van der Waals surface area contributed by atoms with Gasteiger partial charge >= 0.3 is 0 Å². The predicted octanol–water partition coefficient (Wildman–Crippen LogP) is 2.52. The lowest BCUT2D eigenvalue weighted by atomic mass is 10.1. The molecule has 9 heteroatoms. The maximum atomic E-state index is 11.2. The number of hydrogen-bond donors (Lipinski definition) is 2. The van der Waals surface area contributed by atoms with Crippen LogP contribution < -0.4 is 11.1 Å². The maximum Gasteiger partial charge on any atom is 0.269 e. The zero-order valence-corrected chi connectivity index (χ0v) is 15.1. The van der Waals surface area contributed by atoms with Crippen molar-refractivity contribution in [3.05, 3.63) is 80.4 Å². The Balaban J connectivity index is 1.91. The van der Waals surface area contributed by atoms with Crippen molar-refractivity contribution in [2.45, 2.75) is 19.0 Å². The summed E-state index contributed by atoms with van der Waals surface area (Å²) in [5, 5.41) is 23.9. The first-order valence-corrected chi connectivity index (χ1v) is 8.87. The topological polar surface area (TPSA) is 112 Å². The summed E-state index contributed by atoms with van der Waals surface area (Å²) in [5.74, 6) is 1.39. The number of rotatable bonds is 4. The highest BCUT2D eigenvalue weighted by molar-refractivity contribution is 6.31. The molecule has 1 unspecified atom stereocenters. The van der Waals surface area contributed by atoms with Crippen LogP contribution in [0.2, 0.25) is 5.02 Å². The van der Waals surface area contributed by atoms with Gasteiger partial charge in [0, 0.05) is 30.1 Å². The van der Waals surface area contributed by atoms with Gasteiger partial charge in [-0.3, -0.25) is 20.0 Å². The number of nitro groups is 1. The molecule has 2 aromatic carbocycles. The van der Waals surface area contributed by atoms with Crippen LogP contribution in [0.4, 0.5) is 5.69 Å². The second-order valence-corrected chi connectivity index (χ2v) is 6.66. The van der Waals surface area contributed by atoms with Crippen molar-refractivity contribution in [1.29, 1.82) is 0 Å². The van der Waals surface area contributed by atoms with Crippen LogP contribution in [0.15, 0.2) is 42.5 Å². The summed E-state index contributed by atoms with van der Waals surface area (Å²) in [5.41, 5.74) is 8.25. The maximum absolute atomic E-state index is 11.2. The average Bonchev–Trinajstić information content (AvgIpc) is 2.99. The van der Waals surface area contributed by atoms with E-state index in [9.17, 15) is 10.1 Å². The van der Waals surface area contributed by atoms with Gasteiger partial charge in [0.05, 0.1) is 16.7 Å². The fraction of sp³-hybridized carbons (Fsp3) is 0.222. The van der Waals surface area contributed by atoms with Gasteiger partial charge in [-0.1, -0.05) is 29.8 Å². The van der Waals surface area contributed by atoms with E-state index >= 15 is 0 Å². The molecule has 0 amide bonds. The molecule has 27 heavy (non-hydrogen) atoms. The van der Waals surface area contributed by atoms with E-state index in [1.807, 2.05) is 28.8 Å². The van der Waals surface area contributed by atoms with Crippen molar-refractivity contribution in [2.75, 3.05) is 6.54 Å². The summed E-state index contributed by atoms with van der Waals surface area (Å²) in [7, 11) is 0. The molecule has 0 aliphatic carbocycles.